The average Bonchev–Trinajstić information content (AvgIpc) is 2.61. The summed E-state index contributed by atoms with van der Waals surface area (Å²) in [5.41, 5.74) is 6.35. The maximum absolute atomic E-state index is 12.5. The molecule has 0 saturated carbocycles. The van der Waals surface area contributed by atoms with Crippen molar-refractivity contribution in [3.63, 3.8) is 0 Å². The van der Waals surface area contributed by atoms with Crippen molar-refractivity contribution in [1.29, 1.82) is 0 Å². The Kier molecular flexibility index (Phi) is 6.06. The molecule has 0 unspecified atom stereocenters. The molecule has 0 atom stereocenters. The van der Waals surface area contributed by atoms with Gasteiger partial charge in [-0.3, -0.25) is 14.9 Å². The number of hydrogen-bond donors (Lipinski definition) is 3. The smallest absolute Gasteiger partial charge is 0.269 e. The van der Waals surface area contributed by atoms with E-state index in [0.717, 1.165) is 0 Å². The molecule has 0 aliphatic heterocycles. The third-order valence-corrected chi connectivity index (χ3v) is 4.91. The maximum Gasteiger partial charge on any atom is 0.269 e. The molecule has 0 aromatic heterocycles. The molecule has 0 bridgehead atoms. The van der Waals surface area contributed by atoms with Crippen LogP contribution in [0, 0.1) is 0 Å². The standard InChI is InChI=1S/C17H18ClN3O3S/c1-3-12(2)19-20-17(22)13-5-4-6-16(11-13)25(23,24)21-15-9-7-14(18)8-10-15/h4-11,19,21H,2-3H2,1H3,(H,20,22). The first-order valence-electron chi connectivity index (χ1n) is 7.44. The molecule has 3 N–H and O–H groups in total. The van der Waals surface area contributed by atoms with Gasteiger partial charge in [0.05, 0.1) is 4.90 Å². The first kappa shape index (κ1) is 18.8. The Morgan fingerprint density at radius 1 is 1.12 bits per heavy atom. The molecule has 0 heterocycles. The lowest BCUT2D eigenvalue weighted by Gasteiger charge is -2.11. The van der Waals surface area contributed by atoms with E-state index in [1.54, 1.807) is 24.3 Å². The van der Waals surface area contributed by atoms with Crippen LogP contribution in [0.1, 0.15) is 23.7 Å². The number of carbonyl (C=O) groups excluding carboxylic acids is 1. The highest BCUT2D eigenvalue weighted by Gasteiger charge is 2.16. The van der Waals surface area contributed by atoms with Crippen molar-refractivity contribution >= 4 is 33.2 Å². The van der Waals surface area contributed by atoms with Crippen LogP contribution in [0.5, 0.6) is 0 Å². The quantitative estimate of drug-likeness (QED) is 0.644. The van der Waals surface area contributed by atoms with E-state index < -0.39 is 15.9 Å². The minimum absolute atomic E-state index is 0.0237. The molecular formula is C17H18ClN3O3S. The number of sulfonamides is 1. The summed E-state index contributed by atoms with van der Waals surface area (Å²) in [6, 6.07) is 12.0. The Morgan fingerprint density at radius 3 is 2.44 bits per heavy atom. The van der Waals surface area contributed by atoms with Gasteiger partial charge in [-0.1, -0.05) is 31.2 Å². The minimum Gasteiger partial charge on any atom is -0.303 e. The van der Waals surface area contributed by atoms with E-state index in [0.29, 0.717) is 22.8 Å². The van der Waals surface area contributed by atoms with E-state index in [1.807, 2.05) is 6.92 Å². The summed E-state index contributed by atoms with van der Waals surface area (Å²) >= 11 is 5.78. The molecule has 0 aliphatic rings. The molecule has 8 heteroatoms. The van der Waals surface area contributed by atoms with E-state index in [9.17, 15) is 13.2 Å². The lowest BCUT2D eigenvalue weighted by Crippen LogP contribution is -2.36. The van der Waals surface area contributed by atoms with Crippen LogP contribution in [0.25, 0.3) is 0 Å². The van der Waals surface area contributed by atoms with Gasteiger partial charge in [0.1, 0.15) is 0 Å². The summed E-state index contributed by atoms with van der Waals surface area (Å²) < 4.78 is 27.4. The lowest BCUT2D eigenvalue weighted by atomic mass is 10.2. The molecule has 2 rings (SSSR count). The predicted octanol–water partition coefficient (Wildman–Crippen LogP) is 3.30. The Balaban J connectivity index is 2.17. The van der Waals surface area contributed by atoms with Crippen LogP contribution < -0.4 is 15.6 Å². The van der Waals surface area contributed by atoms with Gasteiger partial charge in [0.25, 0.3) is 15.9 Å². The molecule has 132 valence electrons. The molecule has 2 aromatic rings. The number of hydrazine groups is 1. The van der Waals surface area contributed by atoms with Gasteiger partial charge in [-0.25, -0.2) is 8.42 Å². The molecular weight excluding hydrogens is 362 g/mol. The first-order chi connectivity index (χ1) is 11.8. The first-order valence-corrected chi connectivity index (χ1v) is 9.30. The normalized spacial score (nSPS) is 10.8. The van der Waals surface area contributed by atoms with Crippen LogP contribution in [0.3, 0.4) is 0 Å². The predicted molar refractivity (Wildman–Crippen MR) is 98.7 cm³/mol. The van der Waals surface area contributed by atoms with Gasteiger partial charge in [-0.05, 0) is 48.9 Å². The van der Waals surface area contributed by atoms with Crippen LogP contribution in [-0.4, -0.2) is 14.3 Å². The number of rotatable bonds is 7. The van der Waals surface area contributed by atoms with Crippen LogP contribution in [-0.2, 0) is 10.0 Å². The van der Waals surface area contributed by atoms with Crippen molar-refractivity contribution in [2.45, 2.75) is 18.2 Å². The summed E-state index contributed by atoms with van der Waals surface area (Å²) in [7, 11) is -3.83. The average molecular weight is 380 g/mol. The lowest BCUT2D eigenvalue weighted by molar-refractivity contribution is 0.0938. The third kappa shape index (κ3) is 5.23. The van der Waals surface area contributed by atoms with Crippen molar-refractivity contribution in [2.75, 3.05) is 4.72 Å². The molecule has 2 aromatic carbocycles. The monoisotopic (exact) mass is 379 g/mol. The zero-order valence-electron chi connectivity index (χ0n) is 13.5. The Hall–Kier alpha value is -2.51. The number of benzene rings is 2. The highest BCUT2D eigenvalue weighted by atomic mass is 35.5. The van der Waals surface area contributed by atoms with Gasteiger partial charge in [0, 0.05) is 22.0 Å². The zero-order chi connectivity index (χ0) is 18.4. The van der Waals surface area contributed by atoms with Gasteiger partial charge < -0.3 is 5.43 Å². The van der Waals surface area contributed by atoms with E-state index >= 15 is 0 Å². The van der Waals surface area contributed by atoms with Crippen LogP contribution in [0.2, 0.25) is 5.02 Å². The topological polar surface area (TPSA) is 87.3 Å². The molecule has 1 amide bonds. The highest BCUT2D eigenvalue weighted by molar-refractivity contribution is 7.92. The van der Waals surface area contributed by atoms with Crippen molar-refractivity contribution in [3.8, 4) is 0 Å². The molecule has 0 aliphatic carbocycles. The number of amides is 1. The summed E-state index contributed by atoms with van der Waals surface area (Å²) in [4.78, 5) is 12.1. The van der Waals surface area contributed by atoms with Crippen molar-refractivity contribution in [2.24, 2.45) is 0 Å². The van der Waals surface area contributed by atoms with Crippen LogP contribution in [0.4, 0.5) is 5.69 Å². The fraction of sp³-hybridized carbons (Fsp3) is 0.118. The van der Waals surface area contributed by atoms with Gasteiger partial charge in [-0.2, -0.15) is 0 Å². The fourth-order valence-corrected chi connectivity index (χ4v) is 3.07. The summed E-state index contributed by atoms with van der Waals surface area (Å²) in [5, 5.41) is 0.503. The fourth-order valence-electron chi connectivity index (χ4n) is 1.84. The molecule has 25 heavy (non-hydrogen) atoms. The molecule has 0 fully saturated rings. The Bertz CT molecular complexity index is 880. The molecule has 0 spiro atoms. The minimum atomic E-state index is -3.83. The number of anilines is 1. The van der Waals surface area contributed by atoms with Crippen LogP contribution >= 0.6 is 11.6 Å². The number of halogens is 1. The van der Waals surface area contributed by atoms with Crippen LogP contribution in [0.15, 0.2) is 65.7 Å². The SMILES string of the molecule is C=C(CC)NNC(=O)c1cccc(S(=O)(=O)Nc2ccc(Cl)cc2)c1. The second kappa shape index (κ2) is 8.04. The van der Waals surface area contributed by atoms with Crippen molar-refractivity contribution in [3.05, 3.63) is 71.4 Å². The number of hydrogen-bond acceptors (Lipinski definition) is 4. The highest BCUT2D eigenvalue weighted by Crippen LogP contribution is 2.19. The zero-order valence-corrected chi connectivity index (χ0v) is 15.1. The van der Waals surface area contributed by atoms with E-state index in [-0.39, 0.29) is 10.5 Å². The van der Waals surface area contributed by atoms with E-state index in [1.165, 1.54) is 24.3 Å². The van der Waals surface area contributed by atoms with Crippen molar-refractivity contribution < 1.29 is 13.2 Å². The Labute approximate surface area is 151 Å². The number of carbonyl (C=O) groups is 1. The molecule has 0 saturated heterocycles. The van der Waals surface area contributed by atoms with E-state index in [4.69, 9.17) is 11.6 Å². The number of allylic oxidation sites excluding steroid dienone is 1. The molecule has 0 radical (unpaired) electrons. The van der Waals surface area contributed by atoms with Gasteiger partial charge in [0.2, 0.25) is 0 Å². The van der Waals surface area contributed by atoms with E-state index in [2.05, 4.69) is 22.2 Å². The van der Waals surface area contributed by atoms with Gasteiger partial charge in [0.15, 0.2) is 0 Å². The van der Waals surface area contributed by atoms with Crippen molar-refractivity contribution in [1.82, 2.24) is 10.9 Å². The largest absolute Gasteiger partial charge is 0.303 e. The summed E-state index contributed by atoms with van der Waals surface area (Å²) in [5.74, 6) is -0.460. The molecule has 6 nitrogen and oxygen atoms in total. The number of nitrogens with one attached hydrogen (secondary N) is 3. The van der Waals surface area contributed by atoms with Gasteiger partial charge >= 0.3 is 0 Å². The summed E-state index contributed by atoms with van der Waals surface area (Å²) in [6.07, 6.45) is 0.652. The maximum atomic E-state index is 12.5. The second-order valence-electron chi connectivity index (χ2n) is 5.18. The Morgan fingerprint density at radius 2 is 1.80 bits per heavy atom. The second-order valence-corrected chi connectivity index (χ2v) is 7.30. The summed E-state index contributed by atoms with van der Waals surface area (Å²) in [6.45, 7) is 5.59. The third-order valence-electron chi connectivity index (χ3n) is 3.28. The van der Waals surface area contributed by atoms with Gasteiger partial charge in [-0.15, -0.1) is 0 Å².